The molecule has 0 unspecified atom stereocenters. The minimum atomic E-state index is -0.189. The zero-order chi connectivity index (χ0) is 12.3. The molecule has 3 nitrogen and oxygen atoms in total. The number of nitrogens with one attached hydrogen (secondary N) is 1. The van der Waals surface area contributed by atoms with Gasteiger partial charge in [0.05, 0.1) is 6.54 Å². The van der Waals surface area contributed by atoms with Crippen molar-refractivity contribution >= 4 is 5.97 Å². The van der Waals surface area contributed by atoms with Crippen molar-refractivity contribution in [2.24, 2.45) is 0 Å². The van der Waals surface area contributed by atoms with E-state index in [1.54, 1.807) is 0 Å². The van der Waals surface area contributed by atoms with Crippen molar-refractivity contribution in [3.8, 4) is 0 Å². The molecule has 0 bridgehead atoms. The van der Waals surface area contributed by atoms with Crippen LogP contribution >= 0.6 is 0 Å². The number of esters is 1. The fourth-order valence-electron chi connectivity index (χ4n) is 1.48. The van der Waals surface area contributed by atoms with Crippen LogP contribution in [0.25, 0.3) is 0 Å². The summed E-state index contributed by atoms with van der Waals surface area (Å²) in [7, 11) is 0. The van der Waals surface area contributed by atoms with E-state index in [0.29, 0.717) is 13.2 Å². The molecule has 0 aliphatic rings. The average Bonchev–Trinajstić information content (AvgIpc) is 2.37. The first-order valence-corrected chi connectivity index (χ1v) is 6.23. The summed E-state index contributed by atoms with van der Waals surface area (Å²) in [4.78, 5) is 11.4. The smallest absolute Gasteiger partial charge is 0.320 e. The van der Waals surface area contributed by atoms with E-state index in [1.807, 2.05) is 30.3 Å². The van der Waals surface area contributed by atoms with E-state index in [9.17, 15) is 4.79 Å². The summed E-state index contributed by atoms with van der Waals surface area (Å²) in [6, 6.07) is 9.71. The lowest BCUT2D eigenvalue weighted by atomic mass is 10.2. The van der Waals surface area contributed by atoms with Gasteiger partial charge in [0, 0.05) is 0 Å². The van der Waals surface area contributed by atoms with Gasteiger partial charge >= 0.3 is 5.97 Å². The maximum atomic E-state index is 11.4. The Morgan fingerprint density at radius 2 is 2.00 bits per heavy atom. The summed E-state index contributed by atoms with van der Waals surface area (Å²) >= 11 is 0. The van der Waals surface area contributed by atoms with Crippen LogP contribution in [-0.2, 0) is 16.1 Å². The Morgan fingerprint density at radius 1 is 1.24 bits per heavy atom. The monoisotopic (exact) mass is 235 g/mol. The Morgan fingerprint density at radius 3 is 2.71 bits per heavy atom. The molecule has 0 spiro atoms. The fraction of sp³-hybridized carbons (Fsp3) is 0.500. The van der Waals surface area contributed by atoms with Crippen molar-refractivity contribution in [1.29, 1.82) is 0 Å². The van der Waals surface area contributed by atoms with Crippen molar-refractivity contribution in [3.63, 3.8) is 0 Å². The molecule has 0 saturated heterocycles. The van der Waals surface area contributed by atoms with Gasteiger partial charge in [0.2, 0.25) is 0 Å². The second-order valence-electron chi connectivity index (χ2n) is 4.03. The highest BCUT2D eigenvalue weighted by Crippen LogP contribution is 2.00. The predicted molar refractivity (Wildman–Crippen MR) is 68.6 cm³/mol. The number of rotatable bonds is 8. The molecule has 1 aromatic carbocycles. The van der Waals surface area contributed by atoms with E-state index in [-0.39, 0.29) is 5.97 Å². The summed E-state index contributed by atoms with van der Waals surface area (Å²) in [6.07, 6.45) is 3.51. The number of hydrogen-bond donors (Lipinski definition) is 1. The highest BCUT2D eigenvalue weighted by Gasteiger charge is 2.01. The standard InChI is InChI=1S/C14H21NO2/c1-2-3-7-10-15-11-14(16)17-12-13-8-5-4-6-9-13/h4-6,8-9,15H,2-3,7,10-12H2,1H3. The lowest BCUT2D eigenvalue weighted by Crippen LogP contribution is -2.25. The highest BCUT2D eigenvalue weighted by atomic mass is 16.5. The molecule has 1 rings (SSSR count). The molecular formula is C14H21NO2. The molecule has 0 aromatic heterocycles. The average molecular weight is 235 g/mol. The van der Waals surface area contributed by atoms with Crippen LogP contribution in [0.4, 0.5) is 0 Å². The van der Waals surface area contributed by atoms with E-state index in [0.717, 1.165) is 18.5 Å². The molecular weight excluding hydrogens is 214 g/mol. The normalized spacial score (nSPS) is 10.2. The van der Waals surface area contributed by atoms with E-state index in [2.05, 4.69) is 12.2 Å². The van der Waals surface area contributed by atoms with Crippen LogP contribution in [0.1, 0.15) is 31.7 Å². The van der Waals surface area contributed by atoms with E-state index < -0.39 is 0 Å². The lowest BCUT2D eigenvalue weighted by Gasteiger charge is -2.06. The molecule has 0 aliphatic carbocycles. The Hall–Kier alpha value is -1.35. The van der Waals surface area contributed by atoms with Crippen molar-refractivity contribution < 1.29 is 9.53 Å². The van der Waals surface area contributed by atoms with E-state index >= 15 is 0 Å². The van der Waals surface area contributed by atoms with E-state index in [1.165, 1.54) is 12.8 Å². The number of benzene rings is 1. The van der Waals surface area contributed by atoms with Crippen molar-refractivity contribution in [2.75, 3.05) is 13.1 Å². The Bertz CT molecular complexity index is 311. The molecule has 0 fully saturated rings. The van der Waals surface area contributed by atoms with E-state index in [4.69, 9.17) is 4.74 Å². The third kappa shape index (κ3) is 6.74. The summed E-state index contributed by atoms with van der Waals surface area (Å²) in [5.41, 5.74) is 1.02. The predicted octanol–water partition coefficient (Wildman–Crippen LogP) is 2.51. The maximum Gasteiger partial charge on any atom is 0.320 e. The van der Waals surface area contributed by atoms with Gasteiger partial charge in [0.1, 0.15) is 6.61 Å². The van der Waals surface area contributed by atoms with Gasteiger partial charge in [-0.3, -0.25) is 4.79 Å². The zero-order valence-corrected chi connectivity index (χ0v) is 10.4. The van der Waals surface area contributed by atoms with Crippen LogP contribution < -0.4 is 5.32 Å². The summed E-state index contributed by atoms with van der Waals surface area (Å²) in [5.74, 6) is -0.189. The van der Waals surface area contributed by atoms with Crippen LogP contribution in [0.5, 0.6) is 0 Å². The van der Waals surface area contributed by atoms with Gasteiger partial charge in [0.15, 0.2) is 0 Å². The lowest BCUT2D eigenvalue weighted by molar-refractivity contribution is -0.143. The fourth-order valence-corrected chi connectivity index (χ4v) is 1.48. The van der Waals surface area contributed by atoms with Crippen molar-refractivity contribution in [2.45, 2.75) is 32.8 Å². The molecule has 0 heterocycles. The summed E-state index contributed by atoms with van der Waals surface area (Å²) in [6.45, 7) is 3.70. The van der Waals surface area contributed by atoms with Gasteiger partial charge in [-0.1, -0.05) is 50.1 Å². The van der Waals surface area contributed by atoms with Gasteiger partial charge in [-0.15, -0.1) is 0 Å². The minimum absolute atomic E-state index is 0.189. The van der Waals surface area contributed by atoms with Gasteiger partial charge in [0.25, 0.3) is 0 Å². The molecule has 0 saturated carbocycles. The van der Waals surface area contributed by atoms with Gasteiger partial charge in [-0.25, -0.2) is 0 Å². The molecule has 3 heteroatoms. The molecule has 0 aliphatic heterocycles. The molecule has 0 amide bonds. The quantitative estimate of drug-likeness (QED) is 0.556. The summed E-state index contributed by atoms with van der Waals surface area (Å²) in [5, 5.41) is 3.08. The van der Waals surface area contributed by atoms with Crippen LogP contribution in [-0.4, -0.2) is 19.1 Å². The molecule has 0 atom stereocenters. The first-order valence-electron chi connectivity index (χ1n) is 6.23. The highest BCUT2D eigenvalue weighted by molar-refractivity contribution is 5.71. The van der Waals surface area contributed by atoms with Gasteiger partial charge < -0.3 is 10.1 Å². The van der Waals surface area contributed by atoms with Crippen molar-refractivity contribution in [3.05, 3.63) is 35.9 Å². The molecule has 0 radical (unpaired) electrons. The third-order valence-electron chi connectivity index (χ3n) is 2.47. The van der Waals surface area contributed by atoms with Crippen LogP contribution in [0.15, 0.2) is 30.3 Å². The minimum Gasteiger partial charge on any atom is -0.460 e. The Kier molecular flexibility index (Phi) is 7.07. The second-order valence-corrected chi connectivity index (χ2v) is 4.03. The summed E-state index contributed by atoms with van der Waals surface area (Å²) < 4.78 is 5.13. The zero-order valence-electron chi connectivity index (χ0n) is 10.4. The topological polar surface area (TPSA) is 38.3 Å². The van der Waals surface area contributed by atoms with Crippen LogP contribution in [0.3, 0.4) is 0 Å². The number of carbonyl (C=O) groups excluding carboxylic acids is 1. The Labute approximate surface area is 103 Å². The number of carbonyl (C=O) groups is 1. The number of unbranched alkanes of at least 4 members (excludes halogenated alkanes) is 2. The SMILES string of the molecule is CCCCCNCC(=O)OCc1ccccc1. The first-order chi connectivity index (χ1) is 8.33. The van der Waals surface area contributed by atoms with Gasteiger partial charge in [-0.05, 0) is 18.5 Å². The second kappa shape index (κ2) is 8.76. The first kappa shape index (κ1) is 13.7. The Balaban J connectivity index is 2.05. The molecule has 1 aromatic rings. The van der Waals surface area contributed by atoms with Gasteiger partial charge in [-0.2, -0.15) is 0 Å². The number of ether oxygens (including phenoxy) is 1. The largest absolute Gasteiger partial charge is 0.460 e. The van der Waals surface area contributed by atoms with Crippen LogP contribution in [0.2, 0.25) is 0 Å². The third-order valence-corrected chi connectivity index (χ3v) is 2.47. The van der Waals surface area contributed by atoms with Crippen molar-refractivity contribution in [1.82, 2.24) is 5.32 Å². The maximum absolute atomic E-state index is 11.4. The number of hydrogen-bond acceptors (Lipinski definition) is 3. The molecule has 17 heavy (non-hydrogen) atoms. The van der Waals surface area contributed by atoms with Crippen LogP contribution in [0, 0.1) is 0 Å². The molecule has 1 N–H and O–H groups in total. The molecule has 94 valence electrons.